The Labute approximate surface area is 88.8 Å². The van der Waals surface area contributed by atoms with Gasteiger partial charge in [-0.2, -0.15) is 5.10 Å². The molecule has 1 aromatic carbocycles. The van der Waals surface area contributed by atoms with E-state index in [0.29, 0.717) is 0 Å². The van der Waals surface area contributed by atoms with E-state index in [4.69, 9.17) is 0 Å². The first kappa shape index (κ1) is 9.52. The molecular weight excluding hydrogens is 186 g/mol. The monoisotopic (exact) mass is 199 g/mol. The van der Waals surface area contributed by atoms with Gasteiger partial charge in [0.1, 0.15) is 0 Å². The molecule has 0 aliphatic rings. The van der Waals surface area contributed by atoms with Crippen LogP contribution in [0.1, 0.15) is 12.6 Å². The fourth-order valence-corrected chi connectivity index (χ4v) is 1.28. The first-order valence-corrected chi connectivity index (χ1v) is 4.85. The molecule has 0 saturated carbocycles. The smallest absolute Gasteiger partial charge is 0.0810 e. The SMILES string of the molecule is C/C(=N/Nc1ccccc1)c1ccc[nH]1. The number of nitrogens with zero attached hydrogens (tertiary/aromatic N) is 1. The number of hydrazone groups is 1. The summed E-state index contributed by atoms with van der Waals surface area (Å²) in [5.74, 6) is 0. The van der Waals surface area contributed by atoms with E-state index in [1.807, 2.05) is 55.6 Å². The Bertz CT molecular complexity index is 429. The third kappa shape index (κ3) is 2.47. The largest absolute Gasteiger partial charge is 0.360 e. The number of hydrogen-bond donors (Lipinski definition) is 2. The average Bonchev–Trinajstić information content (AvgIpc) is 2.81. The highest BCUT2D eigenvalue weighted by molar-refractivity contribution is 5.97. The van der Waals surface area contributed by atoms with Crippen molar-refractivity contribution in [1.29, 1.82) is 0 Å². The van der Waals surface area contributed by atoms with Gasteiger partial charge < -0.3 is 4.98 Å². The van der Waals surface area contributed by atoms with Gasteiger partial charge in [0.15, 0.2) is 0 Å². The maximum Gasteiger partial charge on any atom is 0.0810 e. The molecule has 3 heteroatoms. The molecule has 2 aromatic rings. The molecule has 0 fully saturated rings. The van der Waals surface area contributed by atoms with Crippen molar-refractivity contribution in [2.24, 2.45) is 5.10 Å². The van der Waals surface area contributed by atoms with Crippen molar-refractivity contribution in [2.75, 3.05) is 5.43 Å². The zero-order valence-corrected chi connectivity index (χ0v) is 8.57. The molecule has 3 nitrogen and oxygen atoms in total. The van der Waals surface area contributed by atoms with Crippen LogP contribution in [0.25, 0.3) is 0 Å². The maximum absolute atomic E-state index is 4.27. The number of benzene rings is 1. The van der Waals surface area contributed by atoms with Crippen molar-refractivity contribution >= 4 is 11.4 Å². The zero-order chi connectivity index (χ0) is 10.5. The summed E-state index contributed by atoms with van der Waals surface area (Å²) in [7, 11) is 0. The molecule has 1 aromatic heterocycles. The van der Waals surface area contributed by atoms with E-state index in [1.54, 1.807) is 0 Å². The van der Waals surface area contributed by atoms with Crippen LogP contribution in [0.4, 0.5) is 5.69 Å². The van der Waals surface area contributed by atoms with Crippen molar-refractivity contribution in [2.45, 2.75) is 6.92 Å². The second-order valence-electron chi connectivity index (χ2n) is 3.26. The van der Waals surface area contributed by atoms with Gasteiger partial charge in [-0.3, -0.25) is 5.43 Å². The number of H-pyrrole nitrogens is 1. The minimum absolute atomic E-state index is 0.934. The molecule has 2 N–H and O–H groups in total. The van der Waals surface area contributed by atoms with Gasteiger partial charge in [-0.15, -0.1) is 0 Å². The average molecular weight is 199 g/mol. The van der Waals surface area contributed by atoms with E-state index in [0.717, 1.165) is 17.1 Å². The third-order valence-corrected chi connectivity index (χ3v) is 2.11. The number of anilines is 1. The van der Waals surface area contributed by atoms with Crippen LogP contribution in [0, 0.1) is 0 Å². The number of aromatic nitrogens is 1. The van der Waals surface area contributed by atoms with Crippen LogP contribution >= 0.6 is 0 Å². The lowest BCUT2D eigenvalue weighted by atomic mass is 10.3. The molecule has 0 atom stereocenters. The molecule has 0 spiro atoms. The highest BCUT2D eigenvalue weighted by Gasteiger charge is 1.95. The van der Waals surface area contributed by atoms with Gasteiger partial charge in [0, 0.05) is 6.20 Å². The van der Waals surface area contributed by atoms with Crippen molar-refractivity contribution in [3.8, 4) is 0 Å². The van der Waals surface area contributed by atoms with Gasteiger partial charge in [-0.25, -0.2) is 0 Å². The van der Waals surface area contributed by atoms with Crippen molar-refractivity contribution < 1.29 is 0 Å². The summed E-state index contributed by atoms with van der Waals surface area (Å²) in [6.45, 7) is 1.96. The number of nitrogens with one attached hydrogen (secondary N) is 2. The fraction of sp³-hybridized carbons (Fsp3) is 0.0833. The highest BCUT2D eigenvalue weighted by atomic mass is 15.3. The van der Waals surface area contributed by atoms with Crippen LogP contribution in [0.15, 0.2) is 53.8 Å². The van der Waals surface area contributed by atoms with Crippen LogP contribution in [0.2, 0.25) is 0 Å². The summed E-state index contributed by atoms with van der Waals surface area (Å²) < 4.78 is 0. The lowest BCUT2D eigenvalue weighted by Crippen LogP contribution is -1.99. The van der Waals surface area contributed by atoms with E-state index < -0.39 is 0 Å². The minimum atomic E-state index is 0.934. The molecule has 0 unspecified atom stereocenters. The summed E-state index contributed by atoms with van der Waals surface area (Å²) >= 11 is 0. The Hall–Kier alpha value is -2.03. The summed E-state index contributed by atoms with van der Waals surface area (Å²) in [5.41, 5.74) is 5.95. The first-order chi connectivity index (χ1) is 7.36. The lowest BCUT2D eigenvalue weighted by molar-refractivity contribution is 1.29. The predicted molar refractivity (Wildman–Crippen MR) is 63.1 cm³/mol. The second kappa shape index (κ2) is 4.46. The molecule has 0 amide bonds. The van der Waals surface area contributed by atoms with E-state index in [9.17, 15) is 0 Å². The first-order valence-electron chi connectivity index (χ1n) is 4.85. The maximum atomic E-state index is 4.27. The Morgan fingerprint density at radius 2 is 1.93 bits per heavy atom. The lowest BCUT2D eigenvalue weighted by Gasteiger charge is -2.01. The summed E-state index contributed by atoms with van der Waals surface area (Å²) in [6, 6.07) is 13.8. The molecule has 2 rings (SSSR count). The van der Waals surface area contributed by atoms with Crippen LogP contribution in [0.5, 0.6) is 0 Å². The van der Waals surface area contributed by atoms with Crippen LogP contribution in [-0.4, -0.2) is 10.7 Å². The fourth-order valence-electron chi connectivity index (χ4n) is 1.28. The van der Waals surface area contributed by atoms with Gasteiger partial charge in [0.2, 0.25) is 0 Å². The quantitative estimate of drug-likeness (QED) is 0.579. The number of hydrogen-bond acceptors (Lipinski definition) is 2. The summed E-state index contributed by atoms with van der Waals surface area (Å²) in [6.07, 6.45) is 1.89. The number of rotatable bonds is 3. The normalized spacial score (nSPS) is 11.4. The molecule has 0 radical (unpaired) electrons. The van der Waals surface area contributed by atoms with E-state index in [2.05, 4.69) is 15.5 Å². The van der Waals surface area contributed by atoms with Gasteiger partial charge >= 0.3 is 0 Å². The molecule has 0 aliphatic heterocycles. The minimum Gasteiger partial charge on any atom is -0.360 e. The molecule has 0 saturated heterocycles. The Kier molecular flexibility index (Phi) is 2.83. The predicted octanol–water partition coefficient (Wildman–Crippen LogP) is 2.85. The number of aromatic amines is 1. The standard InChI is InChI=1S/C12H13N3/c1-10(12-8-5-9-13-12)14-15-11-6-3-2-4-7-11/h2-9,13,15H,1H3/b14-10-. The van der Waals surface area contributed by atoms with Crippen LogP contribution < -0.4 is 5.43 Å². The molecule has 0 aliphatic carbocycles. The van der Waals surface area contributed by atoms with Gasteiger partial charge in [-0.05, 0) is 31.2 Å². The van der Waals surface area contributed by atoms with Gasteiger partial charge in [-0.1, -0.05) is 18.2 Å². The van der Waals surface area contributed by atoms with Crippen LogP contribution in [-0.2, 0) is 0 Å². The molecule has 15 heavy (non-hydrogen) atoms. The topological polar surface area (TPSA) is 40.2 Å². The van der Waals surface area contributed by atoms with E-state index in [-0.39, 0.29) is 0 Å². The van der Waals surface area contributed by atoms with Crippen molar-refractivity contribution in [3.63, 3.8) is 0 Å². The number of para-hydroxylation sites is 1. The Morgan fingerprint density at radius 3 is 2.60 bits per heavy atom. The molecule has 1 heterocycles. The van der Waals surface area contributed by atoms with Crippen molar-refractivity contribution in [3.05, 3.63) is 54.4 Å². The zero-order valence-electron chi connectivity index (χ0n) is 8.57. The van der Waals surface area contributed by atoms with Crippen LogP contribution in [0.3, 0.4) is 0 Å². The van der Waals surface area contributed by atoms with Crippen molar-refractivity contribution in [1.82, 2.24) is 4.98 Å². The van der Waals surface area contributed by atoms with Gasteiger partial charge in [0.25, 0.3) is 0 Å². The Morgan fingerprint density at radius 1 is 1.13 bits per heavy atom. The van der Waals surface area contributed by atoms with E-state index >= 15 is 0 Å². The third-order valence-electron chi connectivity index (χ3n) is 2.11. The van der Waals surface area contributed by atoms with E-state index in [1.165, 1.54) is 0 Å². The molecular formula is C12H13N3. The summed E-state index contributed by atoms with van der Waals surface area (Å²) in [5, 5.41) is 4.27. The molecule has 0 bridgehead atoms. The second-order valence-corrected chi connectivity index (χ2v) is 3.26. The summed E-state index contributed by atoms with van der Waals surface area (Å²) in [4.78, 5) is 3.10. The Balaban J connectivity index is 2.06. The molecule has 76 valence electrons. The van der Waals surface area contributed by atoms with Gasteiger partial charge in [0.05, 0.1) is 17.1 Å². The highest BCUT2D eigenvalue weighted by Crippen LogP contribution is 2.05.